The highest BCUT2D eigenvalue weighted by Crippen LogP contribution is 2.53. The Balaban J connectivity index is 1.70. The molecule has 1 heterocycles. The summed E-state index contributed by atoms with van der Waals surface area (Å²) in [4.78, 5) is 4.61. The van der Waals surface area contributed by atoms with Crippen LogP contribution in [-0.2, 0) is 11.0 Å². The molecule has 0 radical (unpaired) electrons. The van der Waals surface area contributed by atoms with Crippen LogP contribution in [0.5, 0.6) is 0 Å². The molecule has 0 aliphatic heterocycles. The Labute approximate surface area is 112 Å². The first-order valence-electron chi connectivity index (χ1n) is 6.92. The van der Waals surface area contributed by atoms with E-state index in [1.807, 2.05) is 6.07 Å². The molecule has 0 bridgehead atoms. The fourth-order valence-corrected chi connectivity index (χ4v) is 2.91. The van der Waals surface area contributed by atoms with Gasteiger partial charge in [0.1, 0.15) is 0 Å². The van der Waals surface area contributed by atoms with E-state index in [4.69, 9.17) is 10.3 Å². The number of rotatable bonds is 3. The molecule has 0 unspecified atom stereocenters. The van der Waals surface area contributed by atoms with Crippen molar-refractivity contribution in [1.29, 1.82) is 0 Å². The summed E-state index contributed by atoms with van der Waals surface area (Å²) in [5.74, 6) is 1.43. The second-order valence-electron chi connectivity index (χ2n) is 5.88. The monoisotopic (exact) mass is 255 g/mol. The van der Waals surface area contributed by atoms with Crippen molar-refractivity contribution in [1.82, 2.24) is 10.1 Å². The van der Waals surface area contributed by atoms with Crippen molar-refractivity contribution in [2.75, 3.05) is 0 Å². The molecule has 2 aliphatic rings. The first-order chi connectivity index (χ1) is 9.23. The van der Waals surface area contributed by atoms with Crippen molar-refractivity contribution >= 4 is 0 Å². The van der Waals surface area contributed by atoms with Crippen LogP contribution >= 0.6 is 0 Å². The topological polar surface area (TPSA) is 64.9 Å². The van der Waals surface area contributed by atoms with Crippen LogP contribution in [0.2, 0.25) is 0 Å². The molecule has 2 N–H and O–H groups in total. The first kappa shape index (κ1) is 11.2. The highest BCUT2D eigenvalue weighted by Gasteiger charge is 2.52. The van der Waals surface area contributed by atoms with E-state index in [2.05, 4.69) is 34.4 Å². The van der Waals surface area contributed by atoms with Crippen molar-refractivity contribution in [3.05, 3.63) is 47.6 Å². The largest absolute Gasteiger partial charge is 0.338 e. The second-order valence-corrected chi connectivity index (χ2v) is 5.88. The normalized spacial score (nSPS) is 22.8. The number of nitrogens with two attached hydrogens (primary N) is 1. The SMILES string of the molecule is NC1(c2noc(C3(c4ccccc4)CC3)n2)CCC1. The zero-order valence-electron chi connectivity index (χ0n) is 10.8. The number of hydrogen-bond donors (Lipinski definition) is 1. The summed E-state index contributed by atoms with van der Waals surface area (Å²) >= 11 is 0. The molecule has 2 aliphatic carbocycles. The van der Waals surface area contributed by atoms with Crippen LogP contribution in [0.3, 0.4) is 0 Å². The highest BCUT2D eigenvalue weighted by atomic mass is 16.5. The van der Waals surface area contributed by atoms with Crippen molar-refractivity contribution in [3.8, 4) is 0 Å². The molecular formula is C15H17N3O. The van der Waals surface area contributed by atoms with Gasteiger partial charge in [-0.1, -0.05) is 35.5 Å². The maximum Gasteiger partial charge on any atom is 0.237 e. The lowest BCUT2D eigenvalue weighted by Crippen LogP contribution is -2.44. The molecular weight excluding hydrogens is 238 g/mol. The van der Waals surface area contributed by atoms with E-state index in [9.17, 15) is 0 Å². The highest BCUT2D eigenvalue weighted by molar-refractivity contribution is 5.38. The van der Waals surface area contributed by atoms with Gasteiger partial charge in [-0.3, -0.25) is 0 Å². The third-order valence-electron chi connectivity index (χ3n) is 4.60. The lowest BCUT2D eigenvalue weighted by Gasteiger charge is -2.34. The van der Waals surface area contributed by atoms with E-state index in [1.165, 1.54) is 5.56 Å². The van der Waals surface area contributed by atoms with Gasteiger partial charge < -0.3 is 10.3 Å². The summed E-state index contributed by atoms with van der Waals surface area (Å²) in [5, 5.41) is 4.13. The molecule has 0 amide bonds. The van der Waals surface area contributed by atoms with Crippen LogP contribution in [0.15, 0.2) is 34.9 Å². The van der Waals surface area contributed by atoms with Gasteiger partial charge in [-0.15, -0.1) is 0 Å². The molecule has 4 heteroatoms. The molecule has 4 rings (SSSR count). The predicted molar refractivity (Wildman–Crippen MR) is 70.5 cm³/mol. The van der Waals surface area contributed by atoms with Gasteiger partial charge >= 0.3 is 0 Å². The average Bonchev–Trinajstić information content (AvgIpc) is 3.08. The molecule has 0 saturated heterocycles. The Morgan fingerprint density at radius 3 is 2.37 bits per heavy atom. The van der Waals surface area contributed by atoms with Crippen LogP contribution in [0, 0.1) is 0 Å². The molecule has 4 nitrogen and oxygen atoms in total. The van der Waals surface area contributed by atoms with Gasteiger partial charge in [0.25, 0.3) is 0 Å². The third kappa shape index (κ3) is 1.56. The summed E-state index contributed by atoms with van der Waals surface area (Å²) in [6, 6.07) is 10.4. The molecule has 0 atom stereocenters. The standard InChI is InChI=1S/C15H17N3O/c16-15(7-4-8-15)12-17-13(19-18-12)14(9-10-14)11-5-2-1-3-6-11/h1-3,5-6H,4,7-10,16H2. The maximum absolute atomic E-state index is 6.25. The number of nitrogens with zero attached hydrogens (tertiary/aromatic N) is 2. The predicted octanol–water partition coefficient (Wildman–Crippen LogP) is 2.49. The van der Waals surface area contributed by atoms with E-state index in [0.717, 1.165) is 38.0 Å². The van der Waals surface area contributed by atoms with E-state index < -0.39 is 0 Å². The van der Waals surface area contributed by atoms with E-state index in [-0.39, 0.29) is 11.0 Å². The van der Waals surface area contributed by atoms with E-state index in [0.29, 0.717) is 5.82 Å². The Hall–Kier alpha value is -1.68. The molecule has 0 spiro atoms. The van der Waals surface area contributed by atoms with Crippen LogP contribution in [0.4, 0.5) is 0 Å². The number of hydrogen-bond acceptors (Lipinski definition) is 4. The molecule has 19 heavy (non-hydrogen) atoms. The van der Waals surface area contributed by atoms with Crippen molar-refractivity contribution in [3.63, 3.8) is 0 Å². The minimum Gasteiger partial charge on any atom is -0.338 e. The van der Waals surface area contributed by atoms with Gasteiger partial charge in [-0.05, 0) is 37.7 Å². The molecule has 2 saturated carbocycles. The van der Waals surface area contributed by atoms with Gasteiger partial charge in [0.2, 0.25) is 5.89 Å². The van der Waals surface area contributed by atoms with Gasteiger partial charge in [0.05, 0.1) is 11.0 Å². The minimum atomic E-state index is -0.339. The fraction of sp³-hybridized carbons (Fsp3) is 0.467. The van der Waals surface area contributed by atoms with Crippen LogP contribution in [0.1, 0.15) is 49.4 Å². The molecule has 2 aromatic rings. The van der Waals surface area contributed by atoms with E-state index >= 15 is 0 Å². The van der Waals surface area contributed by atoms with Crippen molar-refractivity contribution in [2.45, 2.75) is 43.1 Å². The van der Waals surface area contributed by atoms with E-state index in [1.54, 1.807) is 0 Å². The summed E-state index contributed by atoms with van der Waals surface area (Å²) in [5.41, 5.74) is 7.14. The van der Waals surface area contributed by atoms with Crippen molar-refractivity contribution < 1.29 is 4.52 Å². The number of aromatic nitrogens is 2. The summed E-state index contributed by atoms with van der Waals surface area (Å²) in [6.07, 6.45) is 5.24. The lowest BCUT2D eigenvalue weighted by atomic mass is 9.77. The van der Waals surface area contributed by atoms with Crippen LogP contribution in [0.25, 0.3) is 0 Å². The van der Waals surface area contributed by atoms with Gasteiger partial charge in [-0.25, -0.2) is 0 Å². The molecule has 1 aromatic carbocycles. The fourth-order valence-electron chi connectivity index (χ4n) is 2.91. The Kier molecular flexibility index (Phi) is 2.16. The van der Waals surface area contributed by atoms with Gasteiger partial charge in [0, 0.05) is 0 Å². The molecule has 1 aromatic heterocycles. The van der Waals surface area contributed by atoms with Crippen molar-refractivity contribution in [2.24, 2.45) is 5.73 Å². The number of benzene rings is 1. The molecule has 2 fully saturated rings. The minimum absolute atomic E-state index is 0.0490. The summed E-state index contributed by atoms with van der Waals surface area (Å²) in [7, 11) is 0. The summed E-state index contributed by atoms with van der Waals surface area (Å²) < 4.78 is 5.53. The summed E-state index contributed by atoms with van der Waals surface area (Å²) in [6.45, 7) is 0. The van der Waals surface area contributed by atoms with Crippen LogP contribution in [-0.4, -0.2) is 10.1 Å². The second kappa shape index (κ2) is 3.67. The third-order valence-corrected chi connectivity index (χ3v) is 4.60. The Morgan fingerprint density at radius 1 is 1.05 bits per heavy atom. The smallest absolute Gasteiger partial charge is 0.237 e. The lowest BCUT2D eigenvalue weighted by molar-refractivity contribution is 0.228. The zero-order valence-corrected chi connectivity index (χ0v) is 10.8. The molecule has 98 valence electrons. The van der Waals surface area contributed by atoms with Crippen LogP contribution < -0.4 is 5.73 Å². The quantitative estimate of drug-likeness (QED) is 0.915. The first-order valence-corrected chi connectivity index (χ1v) is 6.92. The maximum atomic E-state index is 6.25. The van der Waals surface area contributed by atoms with Gasteiger partial charge in [0.15, 0.2) is 5.82 Å². The zero-order chi connectivity index (χ0) is 12.9. The Bertz CT molecular complexity index is 597. The average molecular weight is 255 g/mol. The Morgan fingerprint density at radius 2 is 1.79 bits per heavy atom. The van der Waals surface area contributed by atoms with Gasteiger partial charge in [-0.2, -0.15) is 4.98 Å².